The monoisotopic (exact) mass is 401 g/mol. The number of carbonyl (C=O) groups is 1. The van der Waals surface area contributed by atoms with Crippen LogP contribution in [0, 0.1) is 5.92 Å². The third-order valence-corrected chi connectivity index (χ3v) is 10.5. The van der Waals surface area contributed by atoms with Crippen LogP contribution in [0.25, 0.3) is 0 Å². The topological polar surface area (TPSA) is 97.4 Å². The van der Waals surface area contributed by atoms with Crippen LogP contribution in [0.5, 0.6) is 0 Å². The first kappa shape index (κ1) is 23.8. The van der Waals surface area contributed by atoms with E-state index in [1.54, 1.807) is 7.05 Å². The molecule has 1 aliphatic carbocycles. The van der Waals surface area contributed by atoms with Crippen LogP contribution in [0.1, 0.15) is 60.8 Å². The summed E-state index contributed by atoms with van der Waals surface area (Å²) >= 11 is 0. The van der Waals surface area contributed by atoms with Crippen molar-refractivity contribution in [1.82, 2.24) is 4.90 Å². The first-order chi connectivity index (χ1) is 12.1. The lowest BCUT2D eigenvalue weighted by molar-refractivity contribution is 0.0150. The van der Waals surface area contributed by atoms with E-state index in [0.717, 1.165) is 6.42 Å². The van der Waals surface area contributed by atoms with E-state index in [-0.39, 0.29) is 16.8 Å². The van der Waals surface area contributed by atoms with Crippen LogP contribution in [0.4, 0.5) is 4.79 Å². The summed E-state index contributed by atoms with van der Waals surface area (Å²) in [7, 11) is -0.195. The molecule has 27 heavy (non-hydrogen) atoms. The van der Waals surface area contributed by atoms with Gasteiger partial charge in [-0.3, -0.25) is 4.90 Å². The van der Waals surface area contributed by atoms with E-state index in [9.17, 15) is 10.0 Å². The number of ether oxygens (including phenoxy) is 1. The molecule has 1 saturated carbocycles. The maximum atomic E-state index is 12.6. The van der Waals surface area contributed by atoms with Gasteiger partial charge in [-0.05, 0) is 64.1 Å². The molecular formula is C19H39N3O4Si. The van der Waals surface area contributed by atoms with Crippen molar-refractivity contribution in [3.05, 3.63) is 0 Å². The zero-order valence-electron chi connectivity index (χ0n) is 18.5. The normalized spacial score (nSPS) is 24.8. The fraction of sp³-hybridized carbons (Fsp3) is 0.895. The van der Waals surface area contributed by atoms with Crippen molar-refractivity contribution in [2.24, 2.45) is 16.8 Å². The van der Waals surface area contributed by atoms with Gasteiger partial charge in [0.2, 0.25) is 0 Å². The van der Waals surface area contributed by atoms with Gasteiger partial charge in [0.05, 0.1) is 0 Å². The summed E-state index contributed by atoms with van der Waals surface area (Å²) in [5.74, 6) is 0.287. The number of amidine groups is 1. The molecule has 7 nitrogen and oxygen atoms in total. The van der Waals surface area contributed by atoms with E-state index in [1.807, 2.05) is 20.8 Å². The van der Waals surface area contributed by atoms with E-state index in [2.05, 4.69) is 39.0 Å². The Labute approximate surface area is 165 Å². The number of carbonyl (C=O) groups excluding carboxylic acids is 1. The van der Waals surface area contributed by atoms with Crippen LogP contribution in [0.15, 0.2) is 5.16 Å². The number of oxime groups is 1. The lowest BCUT2D eigenvalue weighted by atomic mass is 9.93. The third kappa shape index (κ3) is 5.60. The Hall–Kier alpha value is -1.28. The summed E-state index contributed by atoms with van der Waals surface area (Å²) in [6.07, 6.45) is 1.58. The molecule has 1 aliphatic rings. The van der Waals surface area contributed by atoms with Gasteiger partial charge in [-0.2, -0.15) is 0 Å². The molecule has 1 fully saturated rings. The molecule has 2 atom stereocenters. The van der Waals surface area contributed by atoms with E-state index >= 15 is 0 Å². The number of likely N-dealkylation sites (N-methyl/N-ethyl adjacent to an activating group) is 1. The molecule has 0 aromatic heterocycles. The Morgan fingerprint density at radius 1 is 1.30 bits per heavy atom. The van der Waals surface area contributed by atoms with Crippen LogP contribution in [-0.2, 0) is 9.16 Å². The highest BCUT2D eigenvalue weighted by Gasteiger charge is 2.49. The van der Waals surface area contributed by atoms with Gasteiger partial charge in [0.1, 0.15) is 11.1 Å². The van der Waals surface area contributed by atoms with E-state index < -0.39 is 25.6 Å². The van der Waals surface area contributed by atoms with Gasteiger partial charge in [0, 0.05) is 13.7 Å². The van der Waals surface area contributed by atoms with Crippen LogP contribution >= 0.6 is 0 Å². The second-order valence-corrected chi connectivity index (χ2v) is 15.0. The van der Waals surface area contributed by atoms with Gasteiger partial charge < -0.3 is 20.1 Å². The van der Waals surface area contributed by atoms with Gasteiger partial charge in [0.25, 0.3) is 0 Å². The molecule has 0 spiro atoms. The number of amides is 1. The maximum Gasteiger partial charge on any atom is 0.410 e. The smallest absolute Gasteiger partial charge is 0.410 e. The molecule has 0 radical (unpaired) electrons. The van der Waals surface area contributed by atoms with Crippen molar-refractivity contribution in [2.45, 2.75) is 90.1 Å². The summed E-state index contributed by atoms with van der Waals surface area (Å²) in [6, 6.07) is 0. The molecule has 0 saturated heterocycles. The average Bonchev–Trinajstić information content (AvgIpc) is 2.94. The van der Waals surface area contributed by atoms with E-state index in [0.29, 0.717) is 19.4 Å². The summed E-state index contributed by atoms with van der Waals surface area (Å²) < 4.78 is 11.9. The minimum Gasteiger partial charge on any atom is -0.444 e. The molecule has 2 unspecified atom stereocenters. The second kappa shape index (κ2) is 7.99. The van der Waals surface area contributed by atoms with Crippen molar-refractivity contribution < 1.29 is 19.2 Å². The highest BCUT2D eigenvalue weighted by molar-refractivity contribution is 6.74. The first-order valence-corrected chi connectivity index (χ1v) is 12.6. The number of rotatable bonds is 5. The molecule has 158 valence electrons. The molecule has 0 bridgehead atoms. The Kier molecular flexibility index (Phi) is 7.03. The minimum absolute atomic E-state index is 0.0469. The molecule has 0 heterocycles. The predicted octanol–water partition coefficient (Wildman–Crippen LogP) is 4.16. The quantitative estimate of drug-likeness (QED) is 0.237. The van der Waals surface area contributed by atoms with Crippen molar-refractivity contribution >= 4 is 20.2 Å². The predicted molar refractivity (Wildman–Crippen MR) is 111 cm³/mol. The van der Waals surface area contributed by atoms with Crippen LogP contribution in [0.2, 0.25) is 18.1 Å². The highest BCUT2D eigenvalue weighted by atomic mass is 28.4. The lowest BCUT2D eigenvalue weighted by Gasteiger charge is -2.39. The molecule has 3 N–H and O–H groups in total. The van der Waals surface area contributed by atoms with Gasteiger partial charge >= 0.3 is 6.09 Å². The van der Waals surface area contributed by atoms with Crippen molar-refractivity contribution in [1.29, 1.82) is 0 Å². The number of hydrogen-bond acceptors (Lipinski definition) is 5. The number of nitrogens with two attached hydrogens (primary N) is 1. The van der Waals surface area contributed by atoms with E-state index in [4.69, 9.17) is 14.9 Å². The molecule has 1 amide bonds. The fourth-order valence-corrected chi connectivity index (χ4v) is 4.20. The van der Waals surface area contributed by atoms with E-state index in [1.165, 1.54) is 4.90 Å². The SMILES string of the molecule is CN(C(=O)OC(C)(C)C)C1(C(N)=NO)CCC(CO[Si](C)(C)C(C)(C)C)C1. The van der Waals surface area contributed by atoms with Gasteiger partial charge in [-0.1, -0.05) is 25.9 Å². The standard InChI is InChI=1S/C19H39N3O4Si/c1-17(2,3)26-16(23)22(7)19(15(20)21-24)11-10-14(12-19)13-25-27(8,9)18(4,5)6/h14,24H,10-13H2,1-9H3,(H2,20,21). The lowest BCUT2D eigenvalue weighted by Crippen LogP contribution is -2.57. The van der Waals surface area contributed by atoms with Crippen LogP contribution < -0.4 is 5.73 Å². The zero-order chi connectivity index (χ0) is 21.3. The Morgan fingerprint density at radius 3 is 2.30 bits per heavy atom. The van der Waals surface area contributed by atoms with Crippen molar-refractivity contribution in [2.75, 3.05) is 13.7 Å². The van der Waals surface area contributed by atoms with Gasteiger partial charge in [0.15, 0.2) is 14.2 Å². The Balaban J connectivity index is 2.93. The summed E-state index contributed by atoms with van der Waals surface area (Å²) in [6.45, 7) is 17.2. The zero-order valence-corrected chi connectivity index (χ0v) is 19.5. The van der Waals surface area contributed by atoms with Gasteiger partial charge in [-0.25, -0.2) is 4.79 Å². The van der Waals surface area contributed by atoms with Crippen LogP contribution in [-0.4, -0.2) is 55.1 Å². The summed E-state index contributed by atoms with van der Waals surface area (Å²) in [5, 5.41) is 12.7. The molecule has 0 aromatic carbocycles. The van der Waals surface area contributed by atoms with Gasteiger partial charge in [-0.15, -0.1) is 0 Å². The Morgan fingerprint density at radius 2 is 1.85 bits per heavy atom. The number of hydrogen-bond donors (Lipinski definition) is 2. The Bertz CT molecular complexity index is 566. The first-order valence-electron chi connectivity index (χ1n) is 9.64. The van der Waals surface area contributed by atoms with Crippen molar-refractivity contribution in [3.8, 4) is 0 Å². The maximum absolute atomic E-state index is 12.6. The fourth-order valence-electron chi connectivity index (χ4n) is 3.12. The molecule has 0 aliphatic heterocycles. The summed E-state index contributed by atoms with van der Waals surface area (Å²) in [5.41, 5.74) is 4.59. The molecule has 1 rings (SSSR count). The average molecular weight is 402 g/mol. The van der Waals surface area contributed by atoms with Crippen molar-refractivity contribution in [3.63, 3.8) is 0 Å². The minimum atomic E-state index is -1.85. The number of nitrogens with zero attached hydrogens (tertiary/aromatic N) is 2. The van der Waals surface area contributed by atoms with Crippen LogP contribution in [0.3, 0.4) is 0 Å². The molecular weight excluding hydrogens is 362 g/mol. The third-order valence-electron chi connectivity index (χ3n) is 5.97. The largest absolute Gasteiger partial charge is 0.444 e. The molecule has 8 heteroatoms. The summed E-state index contributed by atoms with van der Waals surface area (Å²) in [4.78, 5) is 14.1. The molecule has 0 aromatic rings. The second-order valence-electron chi connectivity index (χ2n) is 10.2. The highest BCUT2D eigenvalue weighted by Crippen LogP contribution is 2.42.